The lowest BCUT2D eigenvalue weighted by Gasteiger charge is -2.12. The molecule has 0 bridgehead atoms. The molecule has 0 aliphatic carbocycles. The molecule has 0 saturated carbocycles. The Morgan fingerprint density at radius 1 is 0.963 bits per heavy atom. The molecule has 10 nitrogen and oxygen atoms in total. The number of benzene rings is 1. The lowest BCUT2D eigenvalue weighted by Crippen LogP contribution is -2.54. The Balaban J connectivity index is 2.36. The van der Waals surface area contributed by atoms with E-state index in [0.717, 1.165) is 13.7 Å². The number of hydrogen-bond acceptors (Lipinski definition) is 6. The summed E-state index contributed by atoms with van der Waals surface area (Å²) in [5, 5.41) is 11.0. The van der Waals surface area contributed by atoms with Crippen LogP contribution < -0.4 is 21.8 Å². The first-order valence-electron chi connectivity index (χ1n) is 7.94. The van der Waals surface area contributed by atoms with Crippen molar-refractivity contribution in [3.8, 4) is 5.75 Å². The molecular weight excluding hydrogens is 356 g/mol. The maximum absolute atomic E-state index is 12.4. The molecule has 1 aromatic carbocycles. The van der Waals surface area contributed by atoms with E-state index in [1.165, 1.54) is 30.4 Å². The molecule has 0 atom stereocenters. The molecule has 0 radical (unpaired) electrons. The molecule has 0 spiro atoms. The Labute approximate surface area is 153 Å². The first kappa shape index (κ1) is 19.6. The van der Waals surface area contributed by atoms with Crippen LogP contribution in [0.4, 0.5) is 5.69 Å². The van der Waals surface area contributed by atoms with Gasteiger partial charge in [0.15, 0.2) is 5.75 Å². The van der Waals surface area contributed by atoms with Crippen LogP contribution in [0.2, 0.25) is 0 Å². The number of nitrogens with zero attached hydrogens (tertiary/aromatic N) is 4. The van der Waals surface area contributed by atoms with E-state index in [9.17, 15) is 24.5 Å². The Morgan fingerprint density at radius 2 is 1.48 bits per heavy atom. The lowest BCUT2D eigenvalue weighted by molar-refractivity contribution is -0.385. The number of aromatic nitrogens is 3. The van der Waals surface area contributed by atoms with Gasteiger partial charge >= 0.3 is 22.8 Å². The van der Waals surface area contributed by atoms with Gasteiger partial charge in [0.2, 0.25) is 0 Å². The van der Waals surface area contributed by atoms with E-state index in [0.29, 0.717) is 0 Å². The third-order valence-electron chi connectivity index (χ3n) is 3.64. The summed E-state index contributed by atoms with van der Waals surface area (Å²) in [6.07, 6.45) is 2.72. The van der Waals surface area contributed by atoms with Gasteiger partial charge in [-0.15, -0.1) is 13.2 Å². The van der Waals surface area contributed by atoms with Gasteiger partial charge < -0.3 is 4.74 Å². The van der Waals surface area contributed by atoms with Crippen molar-refractivity contribution >= 4 is 5.69 Å². The summed E-state index contributed by atoms with van der Waals surface area (Å²) in [7, 11) is 0. The van der Waals surface area contributed by atoms with Crippen molar-refractivity contribution in [2.24, 2.45) is 0 Å². The van der Waals surface area contributed by atoms with Gasteiger partial charge in [-0.05, 0) is 6.07 Å². The van der Waals surface area contributed by atoms with Gasteiger partial charge in [-0.2, -0.15) is 0 Å². The Morgan fingerprint density at radius 3 is 2.00 bits per heavy atom. The molecule has 2 aromatic rings. The third-order valence-corrected chi connectivity index (χ3v) is 3.64. The van der Waals surface area contributed by atoms with Crippen LogP contribution in [0.15, 0.2) is 64.0 Å². The highest BCUT2D eigenvalue weighted by Crippen LogP contribution is 2.25. The Kier molecular flexibility index (Phi) is 6.26. The largest absolute Gasteiger partial charge is 0.485 e. The minimum absolute atomic E-state index is 0.0152. The molecule has 10 heteroatoms. The number of hydrogen-bond donors (Lipinski definition) is 0. The number of allylic oxidation sites excluding steroid dienone is 2. The van der Waals surface area contributed by atoms with Crippen molar-refractivity contribution in [1.82, 2.24) is 13.7 Å². The van der Waals surface area contributed by atoms with Gasteiger partial charge in [-0.1, -0.05) is 24.3 Å². The molecule has 27 heavy (non-hydrogen) atoms. The lowest BCUT2D eigenvalue weighted by atomic mass is 10.3. The average Bonchev–Trinajstić information content (AvgIpc) is 2.65. The average molecular weight is 374 g/mol. The van der Waals surface area contributed by atoms with Crippen molar-refractivity contribution in [2.45, 2.75) is 19.6 Å². The van der Waals surface area contributed by atoms with Crippen LogP contribution in [0.25, 0.3) is 0 Å². The fourth-order valence-electron chi connectivity index (χ4n) is 2.42. The van der Waals surface area contributed by atoms with E-state index < -0.39 is 22.0 Å². The molecule has 0 N–H and O–H groups in total. The topological polar surface area (TPSA) is 118 Å². The Bertz CT molecular complexity index is 998. The normalized spacial score (nSPS) is 10.4. The molecule has 0 aliphatic heterocycles. The quantitative estimate of drug-likeness (QED) is 0.359. The zero-order chi connectivity index (χ0) is 20.0. The van der Waals surface area contributed by atoms with Gasteiger partial charge in [0, 0.05) is 6.07 Å². The number of para-hydroxylation sites is 2. The highest BCUT2D eigenvalue weighted by atomic mass is 16.6. The van der Waals surface area contributed by atoms with Gasteiger partial charge in [-0.25, -0.2) is 28.1 Å². The second-order valence-electron chi connectivity index (χ2n) is 5.37. The van der Waals surface area contributed by atoms with Crippen molar-refractivity contribution in [3.05, 3.63) is 91.1 Å². The van der Waals surface area contributed by atoms with Gasteiger partial charge in [-0.3, -0.25) is 10.1 Å². The summed E-state index contributed by atoms with van der Waals surface area (Å²) in [5.74, 6) is 0.0152. The molecule has 0 amide bonds. The monoisotopic (exact) mass is 374 g/mol. The van der Waals surface area contributed by atoms with E-state index >= 15 is 0 Å². The number of nitro benzene ring substituents is 1. The van der Waals surface area contributed by atoms with Crippen molar-refractivity contribution in [1.29, 1.82) is 0 Å². The van der Waals surface area contributed by atoms with Gasteiger partial charge in [0.1, 0.15) is 6.61 Å². The first-order chi connectivity index (χ1) is 12.9. The zero-order valence-corrected chi connectivity index (χ0v) is 14.4. The van der Waals surface area contributed by atoms with Crippen LogP contribution in [0.1, 0.15) is 0 Å². The highest BCUT2D eigenvalue weighted by molar-refractivity contribution is 5.45. The van der Waals surface area contributed by atoms with Crippen LogP contribution in [-0.2, 0) is 19.6 Å². The molecule has 0 fully saturated rings. The van der Waals surface area contributed by atoms with E-state index in [2.05, 4.69) is 13.2 Å². The summed E-state index contributed by atoms with van der Waals surface area (Å²) in [5.41, 5.74) is -2.61. The fourth-order valence-corrected chi connectivity index (χ4v) is 2.42. The molecular formula is C17H18N4O6. The summed E-state index contributed by atoms with van der Waals surface area (Å²) >= 11 is 0. The van der Waals surface area contributed by atoms with E-state index in [1.807, 2.05) is 0 Å². The predicted octanol–water partition coefficient (Wildman–Crippen LogP) is 0.531. The van der Waals surface area contributed by atoms with E-state index in [4.69, 9.17) is 4.74 Å². The number of ether oxygens (including phenoxy) is 1. The Hall–Kier alpha value is -3.69. The second kappa shape index (κ2) is 8.61. The number of nitro groups is 1. The maximum atomic E-state index is 12.4. The molecule has 0 unspecified atom stereocenters. The molecule has 0 aliphatic rings. The van der Waals surface area contributed by atoms with Crippen LogP contribution in [0.5, 0.6) is 5.75 Å². The van der Waals surface area contributed by atoms with E-state index in [-0.39, 0.29) is 37.7 Å². The third kappa shape index (κ3) is 4.11. The van der Waals surface area contributed by atoms with Crippen LogP contribution in [0.3, 0.4) is 0 Å². The summed E-state index contributed by atoms with van der Waals surface area (Å²) < 4.78 is 7.93. The minimum Gasteiger partial charge on any atom is -0.485 e. The minimum atomic E-state index is -0.809. The summed E-state index contributed by atoms with van der Waals surface area (Å²) in [6.45, 7) is 6.47. The molecule has 1 aromatic heterocycles. The number of rotatable bonds is 9. The van der Waals surface area contributed by atoms with Crippen LogP contribution in [-0.4, -0.2) is 25.2 Å². The SMILES string of the molecule is C=CCn1c(=O)n(CC=C)c(=O)n(CCOc2ccccc2[N+](=O)[O-])c1=O. The van der Waals surface area contributed by atoms with Crippen molar-refractivity contribution in [3.63, 3.8) is 0 Å². The van der Waals surface area contributed by atoms with Gasteiger partial charge in [0.05, 0.1) is 24.6 Å². The molecule has 0 saturated heterocycles. The zero-order valence-electron chi connectivity index (χ0n) is 14.4. The maximum Gasteiger partial charge on any atom is 0.336 e. The molecule has 142 valence electrons. The van der Waals surface area contributed by atoms with Crippen LogP contribution >= 0.6 is 0 Å². The smallest absolute Gasteiger partial charge is 0.336 e. The second-order valence-corrected chi connectivity index (χ2v) is 5.37. The highest BCUT2D eigenvalue weighted by Gasteiger charge is 2.16. The first-order valence-corrected chi connectivity index (χ1v) is 7.94. The molecule has 2 rings (SSSR count). The predicted molar refractivity (Wildman–Crippen MR) is 98.2 cm³/mol. The fraction of sp³-hybridized carbons (Fsp3) is 0.235. The van der Waals surface area contributed by atoms with Gasteiger partial charge in [0.25, 0.3) is 0 Å². The molecule has 1 heterocycles. The van der Waals surface area contributed by atoms with E-state index in [1.54, 1.807) is 6.07 Å². The van der Waals surface area contributed by atoms with Crippen molar-refractivity contribution < 1.29 is 9.66 Å². The standard InChI is InChI=1S/C17H18N4O6/c1-3-9-18-15(22)19(10-4-2)17(24)20(16(18)23)11-12-27-14-8-6-5-7-13(14)21(25)26/h3-8H,1-2,9-12H2. The summed E-state index contributed by atoms with van der Waals surface area (Å²) in [6, 6.07) is 5.75. The van der Waals surface area contributed by atoms with Crippen LogP contribution in [0, 0.1) is 10.1 Å². The summed E-state index contributed by atoms with van der Waals surface area (Å²) in [4.78, 5) is 47.6. The van der Waals surface area contributed by atoms with Crippen molar-refractivity contribution in [2.75, 3.05) is 6.61 Å².